The predicted molar refractivity (Wildman–Crippen MR) is 230 cm³/mol. The fraction of sp³-hybridized carbons (Fsp3) is 0.333. The Morgan fingerprint density at radius 1 is 0.518 bits per heavy atom. The van der Waals surface area contributed by atoms with Gasteiger partial charge in [-0.25, -0.2) is 0 Å². The molecule has 5 unspecified atom stereocenters. The van der Waals surface area contributed by atoms with E-state index in [1.54, 1.807) is 22.3 Å². The van der Waals surface area contributed by atoms with Gasteiger partial charge < -0.3 is 9.32 Å². The van der Waals surface area contributed by atoms with Gasteiger partial charge in [0.25, 0.3) is 0 Å². The van der Waals surface area contributed by atoms with Crippen LogP contribution in [-0.2, 0) is 17.4 Å². The van der Waals surface area contributed by atoms with Crippen LogP contribution in [0.4, 0.5) is 11.4 Å². The molecule has 2 heteroatoms. The largest absolute Gasteiger partial charge is 0.456 e. The summed E-state index contributed by atoms with van der Waals surface area (Å²) in [6.45, 7) is 0.829. The van der Waals surface area contributed by atoms with E-state index in [9.17, 15) is 0 Å². The van der Waals surface area contributed by atoms with Crippen LogP contribution in [0.3, 0.4) is 0 Å². The highest BCUT2D eigenvalue weighted by molar-refractivity contribution is 6.06. The monoisotopic (exact) mass is 727 g/mol. The Morgan fingerprint density at radius 2 is 1.21 bits per heavy atom. The van der Waals surface area contributed by atoms with Gasteiger partial charge in [-0.3, -0.25) is 0 Å². The number of benzene rings is 6. The van der Waals surface area contributed by atoms with Crippen molar-refractivity contribution in [3.8, 4) is 22.3 Å². The second-order valence-electron chi connectivity index (χ2n) is 18.7. The first-order chi connectivity index (χ1) is 27.7. The number of rotatable bonds is 4. The molecule has 4 bridgehead atoms. The van der Waals surface area contributed by atoms with Crippen LogP contribution in [0, 0.1) is 23.7 Å². The standard InChI is InChI=1S/C54H49NO/c1-8-25-53(26-9-1)47-16-5-2-12-41(47)43-23-21-39(31-49(43)53)55(40-22-24-45-44-14-4-7-18-50(44)56-51(45)32-40)33-36-11-10-15-46-42-13-3-6-17-48(42)54(52(36)46)37-20-19-34-27-35(29-37)30-38(54)28-34/h2-7,10-18,21-24,31-32,34-35,37-38H,1,8-9,19-20,25-30,33H2. The Morgan fingerprint density at radius 3 is 2.12 bits per heavy atom. The summed E-state index contributed by atoms with van der Waals surface area (Å²) in [5, 5.41) is 2.38. The van der Waals surface area contributed by atoms with E-state index in [1.165, 1.54) is 121 Å². The molecular weight excluding hydrogens is 679 g/mol. The molecule has 6 aromatic carbocycles. The third kappa shape index (κ3) is 4.23. The van der Waals surface area contributed by atoms with Crippen molar-refractivity contribution in [3.05, 3.63) is 155 Å². The number of nitrogens with zero attached hydrogens (tertiary/aromatic N) is 1. The smallest absolute Gasteiger partial charge is 0.137 e. The van der Waals surface area contributed by atoms with Crippen molar-refractivity contribution in [2.24, 2.45) is 23.7 Å². The van der Waals surface area contributed by atoms with Crippen LogP contribution in [0.25, 0.3) is 44.2 Å². The summed E-state index contributed by atoms with van der Waals surface area (Å²) < 4.78 is 6.59. The summed E-state index contributed by atoms with van der Waals surface area (Å²) in [6, 6.07) is 49.3. The minimum Gasteiger partial charge on any atom is -0.456 e. The molecule has 0 N–H and O–H groups in total. The van der Waals surface area contributed by atoms with Gasteiger partial charge in [0.05, 0.1) is 0 Å². The Balaban J connectivity index is 1.02. The van der Waals surface area contributed by atoms with Crippen molar-refractivity contribution >= 4 is 33.3 Å². The van der Waals surface area contributed by atoms with E-state index in [0.717, 1.165) is 35.5 Å². The van der Waals surface area contributed by atoms with E-state index >= 15 is 0 Å². The number of hydrogen-bond donors (Lipinski definition) is 0. The fourth-order valence-electron chi connectivity index (χ4n) is 14.3. The highest BCUT2D eigenvalue weighted by Gasteiger charge is 2.60. The lowest BCUT2D eigenvalue weighted by molar-refractivity contribution is 0.0613. The zero-order chi connectivity index (χ0) is 36.6. The SMILES string of the molecule is c1ccc2c(c1)-c1ccc(N(Cc3cccc4c3C3(c5ccccc5-4)C4CCC5CC(C4)CC3C5)c3ccc4c(c3)oc3ccccc34)cc1C21CCCCC1. The Labute approximate surface area is 330 Å². The van der Waals surface area contributed by atoms with Crippen molar-refractivity contribution in [3.63, 3.8) is 0 Å². The molecule has 5 saturated carbocycles. The van der Waals surface area contributed by atoms with Gasteiger partial charge in [0.1, 0.15) is 11.2 Å². The summed E-state index contributed by atoms with van der Waals surface area (Å²) in [5.74, 6) is 3.25. The van der Waals surface area contributed by atoms with Gasteiger partial charge in [-0.05, 0) is 149 Å². The van der Waals surface area contributed by atoms with E-state index in [2.05, 4.69) is 132 Å². The van der Waals surface area contributed by atoms with E-state index in [4.69, 9.17) is 4.42 Å². The van der Waals surface area contributed by atoms with Crippen LogP contribution in [0.1, 0.15) is 98.4 Å². The molecule has 14 rings (SSSR count). The zero-order valence-electron chi connectivity index (χ0n) is 32.3. The number of anilines is 2. The Kier molecular flexibility index (Phi) is 6.71. The van der Waals surface area contributed by atoms with Crippen molar-refractivity contribution in [2.45, 2.75) is 88.0 Å². The predicted octanol–water partition coefficient (Wildman–Crippen LogP) is 14.3. The van der Waals surface area contributed by atoms with Crippen molar-refractivity contribution < 1.29 is 4.42 Å². The fourth-order valence-corrected chi connectivity index (χ4v) is 14.3. The lowest BCUT2D eigenvalue weighted by Crippen LogP contribution is -2.48. The summed E-state index contributed by atoms with van der Waals surface area (Å²) in [5.41, 5.74) is 18.4. The molecule has 7 aliphatic rings. The zero-order valence-corrected chi connectivity index (χ0v) is 32.3. The van der Waals surface area contributed by atoms with Gasteiger partial charge in [0.2, 0.25) is 0 Å². The van der Waals surface area contributed by atoms with E-state index in [-0.39, 0.29) is 10.8 Å². The van der Waals surface area contributed by atoms with Gasteiger partial charge in [-0.1, -0.05) is 117 Å². The molecule has 7 aliphatic carbocycles. The number of para-hydroxylation sites is 1. The minimum absolute atomic E-state index is 0.104. The quantitative estimate of drug-likeness (QED) is 0.179. The van der Waals surface area contributed by atoms with Crippen LogP contribution in [0.2, 0.25) is 0 Å². The van der Waals surface area contributed by atoms with E-state index in [1.807, 2.05) is 0 Å². The number of fused-ring (bicyclic) bond motifs is 12. The highest BCUT2D eigenvalue weighted by atomic mass is 16.3. The van der Waals surface area contributed by atoms with Gasteiger partial charge in [0.15, 0.2) is 0 Å². The minimum atomic E-state index is 0.104. The molecular formula is C54H49NO. The topological polar surface area (TPSA) is 16.4 Å². The number of furan rings is 1. The second kappa shape index (κ2) is 11.7. The van der Waals surface area contributed by atoms with Crippen molar-refractivity contribution in [1.82, 2.24) is 0 Å². The van der Waals surface area contributed by atoms with Crippen LogP contribution in [0.15, 0.2) is 132 Å². The molecule has 5 atom stereocenters. The first-order valence-corrected chi connectivity index (χ1v) is 21.8. The molecule has 1 aromatic heterocycles. The molecule has 0 saturated heterocycles. The maximum atomic E-state index is 6.59. The highest BCUT2D eigenvalue weighted by Crippen LogP contribution is 2.68. The summed E-state index contributed by atoms with van der Waals surface area (Å²) >= 11 is 0. The third-order valence-corrected chi connectivity index (χ3v) is 16.2. The molecule has 1 heterocycles. The lowest BCUT2D eigenvalue weighted by Gasteiger charge is -2.53. The molecule has 0 amide bonds. The van der Waals surface area contributed by atoms with Crippen LogP contribution in [0.5, 0.6) is 0 Å². The average Bonchev–Trinajstić information content (AvgIpc) is 3.79. The summed E-state index contributed by atoms with van der Waals surface area (Å²) in [7, 11) is 0. The van der Waals surface area contributed by atoms with E-state index in [0.29, 0.717) is 5.92 Å². The summed E-state index contributed by atoms with van der Waals surface area (Å²) in [4.78, 5) is 2.66. The normalized spacial score (nSPS) is 26.1. The van der Waals surface area contributed by atoms with Crippen LogP contribution >= 0.6 is 0 Å². The Bertz CT molecular complexity index is 2720. The van der Waals surface area contributed by atoms with Crippen LogP contribution in [-0.4, -0.2) is 0 Å². The second-order valence-corrected chi connectivity index (χ2v) is 18.7. The van der Waals surface area contributed by atoms with Crippen LogP contribution < -0.4 is 4.90 Å². The first kappa shape index (κ1) is 32.1. The van der Waals surface area contributed by atoms with Gasteiger partial charge >= 0.3 is 0 Å². The van der Waals surface area contributed by atoms with Gasteiger partial charge in [0, 0.05) is 45.6 Å². The molecule has 2 spiro atoms. The molecule has 276 valence electrons. The first-order valence-electron chi connectivity index (χ1n) is 21.8. The van der Waals surface area contributed by atoms with Crippen molar-refractivity contribution in [1.29, 1.82) is 0 Å². The molecule has 0 radical (unpaired) electrons. The Hall–Kier alpha value is -5.08. The molecule has 7 aromatic rings. The van der Waals surface area contributed by atoms with E-state index < -0.39 is 0 Å². The molecule has 5 fully saturated rings. The average molecular weight is 728 g/mol. The molecule has 56 heavy (non-hydrogen) atoms. The maximum Gasteiger partial charge on any atom is 0.137 e. The third-order valence-electron chi connectivity index (χ3n) is 16.2. The number of hydrogen-bond acceptors (Lipinski definition) is 2. The van der Waals surface area contributed by atoms with Gasteiger partial charge in [-0.15, -0.1) is 0 Å². The van der Waals surface area contributed by atoms with Crippen molar-refractivity contribution in [2.75, 3.05) is 4.90 Å². The van der Waals surface area contributed by atoms with Gasteiger partial charge in [-0.2, -0.15) is 0 Å². The molecule has 0 aliphatic heterocycles. The summed E-state index contributed by atoms with van der Waals surface area (Å²) in [6.07, 6.45) is 14.9. The molecule has 2 nitrogen and oxygen atoms in total. The maximum absolute atomic E-state index is 6.59. The lowest BCUT2D eigenvalue weighted by atomic mass is 9.50.